The molecule has 2 rings (SSSR count). The number of morpholine rings is 1. The van der Waals surface area contributed by atoms with E-state index in [0.29, 0.717) is 26.3 Å². The van der Waals surface area contributed by atoms with Gasteiger partial charge in [0.1, 0.15) is 0 Å². The van der Waals surface area contributed by atoms with Crippen molar-refractivity contribution in [1.82, 2.24) is 5.01 Å². The standard InChI is InChI=1S/C11H13F2N3O3/c12-11(13)9-7-8(16(17)18)1-2-10(9)14-15-3-5-19-6-4-15/h1-2,7,11,14H,3-6H2. The molecule has 0 unspecified atom stereocenters. The topological polar surface area (TPSA) is 67.6 Å². The van der Waals surface area contributed by atoms with Crippen molar-refractivity contribution in [2.75, 3.05) is 31.7 Å². The lowest BCUT2D eigenvalue weighted by molar-refractivity contribution is -0.385. The summed E-state index contributed by atoms with van der Waals surface area (Å²) >= 11 is 0. The molecule has 1 fully saturated rings. The molecule has 0 amide bonds. The Morgan fingerprint density at radius 1 is 1.37 bits per heavy atom. The summed E-state index contributed by atoms with van der Waals surface area (Å²) in [5.74, 6) is 0. The number of nitrogens with zero attached hydrogens (tertiary/aromatic N) is 2. The number of hydrazine groups is 1. The Bertz CT molecular complexity index is 464. The molecule has 0 aliphatic carbocycles. The smallest absolute Gasteiger partial charge is 0.270 e. The van der Waals surface area contributed by atoms with Gasteiger partial charge in [-0.1, -0.05) is 0 Å². The van der Waals surface area contributed by atoms with E-state index in [1.54, 1.807) is 5.01 Å². The van der Waals surface area contributed by atoms with Gasteiger partial charge < -0.3 is 10.2 Å². The third-order valence-electron chi connectivity index (χ3n) is 2.77. The fourth-order valence-electron chi connectivity index (χ4n) is 1.79. The van der Waals surface area contributed by atoms with E-state index in [2.05, 4.69) is 5.43 Å². The average molecular weight is 273 g/mol. The van der Waals surface area contributed by atoms with Crippen LogP contribution in [-0.2, 0) is 4.74 Å². The van der Waals surface area contributed by atoms with E-state index in [0.717, 1.165) is 6.07 Å². The van der Waals surface area contributed by atoms with Crippen LogP contribution in [0.2, 0.25) is 0 Å². The lowest BCUT2D eigenvalue weighted by atomic mass is 10.1. The highest BCUT2D eigenvalue weighted by Crippen LogP contribution is 2.31. The van der Waals surface area contributed by atoms with E-state index in [1.165, 1.54) is 12.1 Å². The van der Waals surface area contributed by atoms with Crippen LogP contribution in [0.25, 0.3) is 0 Å². The molecule has 1 N–H and O–H groups in total. The van der Waals surface area contributed by atoms with Crippen molar-refractivity contribution in [1.29, 1.82) is 0 Å². The molecule has 0 atom stereocenters. The molecule has 1 aliphatic rings. The first-order valence-corrected chi connectivity index (χ1v) is 5.74. The fourth-order valence-corrected chi connectivity index (χ4v) is 1.79. The summed E-state index contributed by atoms with van der Waals surface area (Å²) in [5, 5.41) is 12.3. The SMILES string of the molecule is O=[N+]([O-])c1ccc(NN2CCOCC2)c(C(F)F)c1. The molecule has 104 valence electrons. The average Bonchev–Trinajstić information content (AvgIpc) is 2.39. The second-order valence-corrected chi connectivity index (χ2v) is 4.04. The van der Waals surface area contributed by atoms with Gasteiger partial charge in [0.15, 0.2) is 0 Å². The summed E-state index contributed by atoms with van der Waals surface area (Å²) in [6.45, 7) is 2.17. The second-order valence-electron chi connectivity index (χ2n) is 4.04. The molecular weight excluding hydrogens is 260 g/mol. The molecule has 1 aromatic rings. The number of non-ortho nitro benzene ring substituents is 1. The van der Waals surface area contributed by atoms with Gasteiger partial charge in [0.05, 0.1) is 23.8 Å². The lowest BCUT2D eigenvalue weighted by Crippen LogP contribution is -2.40. The fraction of sp³-hybridized carbons (Fsp3) is 0.455. The maximum Gasteiger partial charge on any atom is 0.270 e. The van der Waals surface area contributed by atoms with Crippen LogP contribution in [0.1, 0.15) is 12.0 Å². The van der Waals surface area contributed by atoms with E-state index in [1.807, 2.05) is 0 Å². The molecule has 1 aliphatic heterocycles. The molecule has 1 heterocycles. The molecule has 6 nitrogen and oxygen atoms in total. The highest BCUT2D eigenvalue weighted by molar-refractivity contribution is 5.56. The van der Waals surface area contributed by atoms with Crippen molar-refractivity contribution in [3.8, 4) is 0 Å². The first-order valence-electron chi connectivity index (χ1n) is 5.74. The minimum atomic E-state index is -2.77. The number of hydrogen-bond donors (Lipinski definition) is 1. The highest BCUT2D eigenvalue weighted by Gasteiger charge is 2.20. The van der Waals surface area contributed by atoms with E-state index in [4.69, 9.17) is 4.74 Å². The number of nitrogens with one attached hydrogen (secondary N) is 1. The molecule has 0 radical (unpaired) electrons. The van der Waals surface area contributed by atoms with Gasteiger partial charge in [0.2, 0.25) is 0 Å². The number of halogens is 2. The van der Waals surface area contributed by atoms with Gasteiger partial charge in [-0.25, -0.2) is 13.8 Å². The third-order valence-corrected chi connectivity index (χ3v) is 2.77. The van der Waals surface area contributed by atoms with Crippen molar-refractivity contribution in [2.24, 2.45) is 0 Å². The van der Waals surface area contributed by atoms with Crippen LogP contribution in [-0.4, -0.2) is 36.2 Å². The summed E-state index contributed by atoms with van der Waals surface area (Å²) < 4.78 is 31.0. The van der Waals surface area contributed by atoms with Crippen LogP contribution in [0.4, 0.5) is 20.2 Å². The Kier molecular flexibility index (Phi) is 4.23. The molecular formula is C11H13F2N3O3. The van der Waals surface area contributed by atoms with Gasteiger partial charge in [0, 0.05) is 30.8 Å². The molecule has 0 bridgehead atoms. The molecule has 8 heteroatoms. The summed E-state index contributed by atoms with van der Waals surface area (Å²) in [5.41, 5.74) is 2.31. The Morgan fingerprint density at radius 2 is 2.05 bits per heavy atom. The van der Waals surface area contributed by atoms with Crippen LogP contribution >= 0.6 is 0 Å². The highest BCUT2D eigenvalue weighted by atomic mass is 19.3. The quantitative estimate of drug-likeness (QED) is 0.672. The summed E-state index contributed by atoms with van der Waals surface area (Å²) in [7, 11) is 0. The molecule has 0 aromatic heterocycles. The Balaban J connectivity index is 2.20. The monoisotopic (exact) mass is 273 g/mol. The van der Waals surface area contributed by atoms with Gasteiger partial charge in [0.25, 0.3) is 12.1 Å². The van der Waals surface area contributed by atoms with Crippen molar-refractivity contribution in [2.45, 2.75) is 6.43 Å². The minimum absolute atomic E-state index is 0.183. The minimum Gasteiger partial charge on any atom is -0.379 e. The molecule has 0 saturated carbocycles. The van der Waals surface area contributed by atoms with Gasteiger partial charge in [-0.05, 0) is 6.07 Å². The lowest BCUT2D eigenvalue weighted by Gasteiger charge is -2.28. The number of nitro groups is 1. The number of nitro benzene ring substituents is 1. The molecule has 1 aromatic carbocycles. The first-order chi connectivity index (χ1) is 9.08. The summed E-state index contributed by atoms with van der Waals surface area (Å²) in [6.07, 6.45) is -2.77. The Labute approximate surface area is 108 Å². The van der Waals surface area contributed by atoms with E-state index in [-0.39, 0.29) is 16.9 Å². The summed E-state index contributed by atoms with van der Waals surface area (Å²) in [4.78, 5) is 9.90. The van der Waals surface area contributed by atoms with Crippen LogP contribution in [0, 0.1) is 10.1 Å². The van der Waals surface area contributed by atoms with Crippen molar-refractivity contribution < 1.29 is 18.4 Å². The largest absolute Gasteiger partial charge is 0.379 e. The second kappa shape index (κ2) is 5.89. The number of hydrogen-bond acceptors (Lipinski definition) is 5. The zero-order valence-corrected chi connectivity index (χ0v) is 10.0. The predicted octanol–water partition coefficient (Wildman–Crippen LogP) is 2.19. The van der Waals surface area contributed by atoms with Crippen molar-refractivity contribution >= 4 is 11.4 Å². The van der Waals surface area contributed by atoms with Crippen molar-refractivity contribution in [3.05, 3.63) is 33.9 Å². The maximum atomic E-state index is 12.9. The van der Waals surface area contributed by atoms with Gasteiger partial charge >= 0.3 is 0 Å². The predicted molar refractivity (Wildman–Crippen MR) is 64.1 cm³/mol. The summed E-state index contributed by atoms with van der Waals surface area (Å²) in [6, 6.07) is 3.40. The molecule has 0 spiro atoms. The molecule has 1 saturated heterocycles. The number of rotatable bonds is 4. The van der Waals surface area contributed by atoms with Crippen molar-refractivity contribution in [3.63, 3.8) is 0 Å². The third kappa shape index (κ3) is 3.36. The number of ether oxygens (including phenoxy) is 1. The number of anilines is 1. The molecule has 19 heavy (non-hydrogen) atoms. The zero-order chi connectivity index (χ0) is 13.8. The van der Waals surface area contributed by atoms with Crippen LogP contribution in [0.5, 0.6) is 0 Å². The van der Waals surface area contributed by atoms with E-state index >= 15 is 0 Å². The first kappa shape index (κ1) is 13.6. The number of benzene rings is 1. The van der Waals surface area contributed by atoms with Crippen LogP contribution < -0.4 is 5.43 Å². The normalized spacial score (nSPS) is 16.6. The van der Waals surface area contributed by atoms with E-state index < -0.39 is 11.3 Å². The Hall–Kier alpha value is -1.80. The number of alkyl halides is 2. The zero-order valence-electron chi connectivity index (χ0n) is 10.0. The van der Waals surface area contributed by atoms with Gasteiger partial charge in [-0.15, -0.1) is 0 Å². The van der Waals surface area contributed by atoms with Gasteiger partial charge in [-0.2, -0.15) is 0 Å². The maximum absolute atomic E-state index is 12.9. The van der Waals surface area contributed by atoms with Gasteiger partial charge in [-0.3, -0.25) is 10.1 Å². The van der Waals surface area contributed by atoms with E-state index in [9.17, 15) is 18.9 Å². The van der Waals surface area contributed by atoms with Crippen LogP contribution in [0.15, 0.2) is 18.2 Å². The van der Waals surface area contributed by atoms with Crippen LogP contribution in [0.3, 0.4) is 0 Å². The Morgan fingerprint density at radius 3 is 2.63 bits per heavy atom.